The van der Waals surface area contributed by atoms with E-state index in [2.05, 4.69) is 15.2 Å². The Hall–Kier alpha value is -3.00. The molecule has 1 saturated heterocycles. The highest BCUT2D eigenvalue weighted by molar-refractivity contribution is 8.16. The van der Waals surface area contributed by atoms with Gasteiger partial charge < -0.3 is 25.6 Å². The number of piperidine rings is 1. The molecule has 10 nitrogen and oxygen atoms in total. The van der Waals surface area contributed by atoms with Crippen LogP contribution in [0.3, 0.4) is 0 Å². The number of hydrogen-bond donors (Lipinski definition) is 3. The van der Waals surface area contributed by atoms with Crippen molar-refractivity contribution in [2.45, 2.75) is 24.4 Å². The molecule has 2 aliphatic rings. The van der Waals surface area contributed by atoms with E-state index in [0.29, 0.717) is 16.7 Å². The highest BCUT2D eigenvalue weighted by Crippen LogP contribution is 2.39. The van der Waals surface area contributed by atoms with Crippen LogP contribution in [0.5, 0.6) is 5.75 Å². The number of nitrogens with zero attached hydrogens (tertiary/aromatic N) is 2. The maximum atomic E-state index is 11.6. The molecule has 0 radical (unpaired) electrons. The number of carbonyl (C=O) groups is 3. The summed E-state index contributed by atoms with van der Waals surface area (Å²) in [6.07, 6.45) is -3.04. The van der Waals surface area contributed by atoms with Crippen LogP contribution in [0.1, 0.15) is 12.8 Å². The number of ether oxygens (including phenoxy) is 2. The topological polar surface area (TPSA) is 144 Å². The number of nitrogens with one attached hydrogen (secondary N) is 1. The average Bonchev–Trinajstić information content (AvgIpc) is 3.24. The molecule has 1 amide bonds. The van der Waals surface area contributed by atoms with Crippen molar-refractivity contribution in [3.63, 3.8) is 0 Å². The number of alkyl halides is 3. The lowest BCUT2D eigenvalue weighted by molar-refractivity contribution is -0.192. The van der Waals surface area contributed by atoms with Gasteiger partial charge in [0.05, 0.1) is 12.8 Å². The van der Waals surface area contributed by atoms with Crippen LogP contribution < -0.4 is 20.8 Å². The number of carboxylic acids is 1. The molecular weight excluding hydrogens is 469 g/mol. The lowest BCUT2D eigenvalue weighted by Crippen LogP contribution is -2.38. The van der Waals surface area contributed by atoms with Crippen molar-refractivity contribution in [2.24, 2.45) is 16.8 Å². The Bertz CT molecular complexity index is 875. The first-order valence-corrected chi connectivity index (χ1v) is 10.6. The lowest BCUT2D eigenvalue weighted by atomic mass is 9.97. The molecule has 1 atom stereocenters. The number of benzene rings is 1. The Morgan fingerprint density at radius 2 is 1.82 bits per heavy atom. The van der Waals surface area contributed by atoms with Crippen molar-refractivity contribution in [1.29, 1.82) is 0 Å². The zero-order chi connectivity index (χ0) is 24.6. The van der Waals surface area contributed by atoms with Crippen LogP contribution in [-0.4, -0.2) is 66.4 Å². The van der Waals surface area contributed by atoms with Gasteiger partial charge in [0.2, 0.25) is 0 Å². The van der Waals surface area contributed by atoms with Gasteiger partial charge in [-0.15, -0.1) is 0 Å². The minimum Gasteiger partial charge on any atom is -0.482 e. The summed E-state index contributed by atoms with van der Waals surface area (Å²) in [5.41, 5.74) is 6.29. The van der Waals surface area contributed by atoms with Crippen molar-refractivity contribution in [3.05, 3.63) is 24.3 Å². The summed E-state index contributed by atoms with van der Waals surface area (Å²) in [7, 11) is 1.31. The first-order chi connectivity index (χ1) is 15.5. The Balaban J connectivity index is 0.000000479. The van der Waals surface area contributed by atoms with Gasteiger partial charge in [-0.2, -0.15) is 18.3 Å². The van der Waals surface area contributed by atoms with Gasteiger partial charge >= 0.3 is 18.1 Å². The molecule has 1 aromatic rings. The Labute approximate surface area is 191 Å². The molecule has 0 saturated carbocycles. The number of aliphatic carboxylic acids is 1. The van der Waals surface area contributed by atoms with Crippen LogP contribution in [0.4, 0.5) is 18.9 Å². The quantitative estimate of drug-likeness (QED) is 0.504. The van der Waals surface area contributed by atoms with Crippen LogP contribution in [-0.2, 0) is 19.1 Å². The van der Waals surface area contributed by atoms with E-state index in [0.717, 1.165) is 31.6 Å². The summed E-state index contributed by atoms with van der Waals surface area (Å²) in [5, 5.41) is 17.2. The van der Waals surface area contributed by atoms with Crippen molar-refractivity contribution < 1.29 is 42.1 Å². The third-order valence-electron chi connectivity index (χ3n) is 4.60. The molecule has 1 unspecified atom stereocenters. The molecule has 0 bridgehead atoms. The number of nitrogens with two attached hydrogens (primary N) is 1. The highest BCUT2D eigenvalue weighted by Gasteiger charge is 2.38. The first kappa shape index (κ1) is 26.3. The van der Waals surface area contributed by atoms with Gasteiger partial charge in [0, 0.05) is 0 Å². The Morgan fingerprint density at radius 3 is 2.30 bits per heavy atom. The van der Waals surface area contributed by atoms with Crippen molar-refractivity contribution in [1.82, 2.24) is 5.32 Å². The molecule has 14 heteroatoms. The van der Waals surface area contributed by atoms with E-state index < -0.39 is 24.0 Å². The zero-order valence-corrected chi connectivity index (χ0v) is 18.3. The molecular formula is C19H23F3N4O6S. The van der Waals surface area contributed by atoms with E-state index in [4.69, 9.17) is 20.4 Å². The van der Waals surface area contributed by atoms with Gasteiger partial charge in [0.15, 0.2) is 11.7 Å². The largest absolute Gasteiger partial charge is 0.490 e. The number of rotatable bonds is 6. The van der Waals surface area contributed by atoms with Gasteiger partial charge in [-0.05, 0) is 56.1 Å². The smallest absolute Gasteiger partial charge is 0.482 e. The second kappa shape index (κ2) is 11.7. The third kappa shape index (κ3) is 7.82. The summed E-state index contributed by atoms with van der Waals surface area (Å²) < 4.78 is 41.6. The van der Waals surface area contributed by atoms with Gasteiger partial charge in [-0.3, -0.25) is 9.80 Å². The number of hydrazone groups is 1. The van der Waals surface area contributed by atoms with Gasteiger partial charge in [-0.1, -0.05) is 11.8 Å². The molecule has 1 fully saturated rings. The monoisotopic (exact) mass is 492 g/mol. The van der Waals surface area contributed by atoms with E-state index in [-0.39, 0.29) is 12.0 Å². The van der Waals surface area contributed by atoms with Gasteiger partial charge in [0.1, 0.15) is 11.1 Å². The average molecular weight is 492 g/mol. The molecule has 2 aliphatic heterocycles. The number of anilines is 1. The highest BCUT2D eigenvalue weighted by atomic mass is 32.2. The predicted molar refractivity (Wildman–Crippen MR) is 114 cm³/mol. The van der Waals surface area contributed by atoms with E-state index in [1.54, 1.807) is 12.1 Å². The van der Waals surface area contributed by atoms with Crippen LogP contribution >= 0.6 is 11.8 Å². The van der Waals surface area contributed by atoms with E-state index in [1.807, 2.05) is 17.1 Å². The van der Waals surface area contributed by atoms with Crippen LogP contribution in [0, 0.1) is 5.92 Å². The van der Waals surface area contributed by atoms with Crippen molar-refractivity contribution in [2.75, 3.05) is 31.8 Å². The standard InChI is InChI=1S/C17H22N4O4S.C2HF3O2/c1-24-14(22)10-25-13-4-2-12(3-5-13)21-17(11-6-8-19-9-7-11)26-16(20-21)15(18)23;3-2(4,5)1(6)7/h2-5,11,17,19H,6-10H2,1H3,(H2,18,23);(H,6,7). The summed E-state index contributed by atoms with van der Waals surface area (Å²) >= 11 is 1.43. The minimum absolute atomic E-state index is 0.0430. The summed E-state index contributed by atoms with van der Waals surface area (Å²) in [6.45, 7) is 1.78. The lowest BCUT2D eigenvalue weighted by Gasteiger charge is -2.32. The zero-order valence-electron chi connectivity index (χ0n) is 17.5. The number of hydrogen-bond acceptors (Lipinski definition) is 9. The number of amides is 1. The van der Waals surface area contributed by atoms with Crippen molar-refractivity contribution in [3.8, 4) is 5.75 Å². The number of esters is 1. The molecule has 2 heterocycles. The second-order valence-electron chi connectivity index (χ2n) is 6.87. The molecule has 3 rings (SSSR count). The van der Waals surface area contributed by atoms with E-state index in [1.165, 1.54) is 18.9 Å². The third-order valence-corrected chi connectivity index (χ3v) is 5.93. The van der Waals surface area contributed by atoms with Crippen LogP contribution in [0.15, 0.2) is 29.4 Å². The molecule has 1 aromatic carbocycles. The Morgan fingerprint density at radius 1 is 1.24 bits per heavy atom. The van der Waals surface area contributed by atoms with Crippen LogP contribution in [0.25, 0.3) is 0 Å². The predicted octanol–water partition coefficient (Wildman–Crippen LogP) is 1.55. The Kier molecular flexibility index (Phi) is 9.34. The minimum atomic E-state index is -5.08. The summed E-state index contributed by atoms with van der Waals surface area (Å²) in [6, 6.07) is 7.24. The number of thioether (sulfide) groups is 1. The molecule has 4 N–H and O–H groups in total. The molecule has 33 heavy (non-hydrogen) atoms. The number of carbonyl (C=O) groups excluding carboxylic acids is 2. The first-order valence-electron chi connectivity index (χ1n) is 9.67. The van der Waals surface area contributed by atoms with Gasteiger partial charge in [-0.25, -0.2) is 9.59 Å². The number of methoxy groups -OCH3 is 1. The van der Waals surface area contributed by atoms with Crippen molar-refractivity contribution >= 4 is 40.3 Å². The molecule has 182 valence electrons. The summed E-state index contributed by atoms with van der Waals surface area (Å²) in [4.78, 5) is 31.7. The number of halogens is 3. The SMILES string of the molecule is COC(=O)COc1ccc(N2N=C(C(N)=O)SC2C2CCNCC2)cc1.O=C(O)C(F)(F)F. The number of carboxylic acid groups (broad SMARTS) is 1. The van der Waals surface area contributed by atoms with E-state index in [9.17, 15) is 22.8 Å². The normalized spacial score (nSPS) is 18.6. The van der Waals surface area contributed by atoms with E-state index >= 15 is 0 Å². The maximum Gasteiger partial charge on any atom is 0.490 e. The maximum absolute atomic E-state index is 11.6. The second-order valence-corrected chi connectivity index (χ2v) is 7.98. The molecule has 0 aromatic heterocycles. The van der Waals surface area contributed by atoms with Crippen LogP contribution in [0.2, 0.25) is 0 Å². The molecule has 0 spiro atoms. The fraction of sp³-hybridized carbons (Fsp3) is 0.474. The fourth-order valence-electron chi connectivity index (χ4n) is 2.98. The number of primary amides is 1. The molecule has 0 aliphatic carbocycles. The van der Waals surface area contributed by atoms with Gasteiger partial charge in [0.25, 0.3) is 5.91 Å². The summed E-state index contributed by atoms with van der Waals surface area (Å²) in [5.74, 6) is -2.73. The fourth-order valence-corrected chi connectivity index (χ4v) is 4.19.